The summed E-state index contributed by atoms with van der Waals surface area (Å²) in [5, 5.41) is 9.43. The van der Waals surface area contributed by atoms with Crippen molar-refractivity contribution in [3.63, 3.8) is 0 Å². The van der Waals surface area contributed by atoms with Crippen molar-refractivity contribution >= 4 is 5.69 Å². The molecule has 0 amide bonds. The second-order valence-corrected chi connectivity index (χ2v) is 3.44. The van der Waals surface area contributed by atoms with Crippen molar-refractivity contribution in [3.05, 3.63) is 24.0 Å². The Labute approximate surface area is 86.4 Å². The van der Waals surface area contributed by atoms with Crippen LogP contribution < -0.4 is 10.5 Å². The first-order chi connectivity index (χ1) is 7.16. The van der Waals surface area contributed by atoms with Gasteiger partial charge in [-0.25, -0.2) is 4.39 Å². The summed E-state index contributed by atoms with van der Waals surface area (Å²) < 4.78 is 23.3. The van der Waals surface area contributed by atoms with E-state index in [1.54, 1.807) is 0 Å². The quantitative estimate of drug-likeness (QED) is 0.704. The molecule has 0 bridgehead atoms. The van der Waals surface area contributed by atoms with Gasteiger partial charge in [0.25, 0.3) is 0 Å². The first-order valence-corrected chi connectivity index (χ1v) is 4.64. The minimum Gasteiger partial charge on any atom is -0.483 e. The highest BCUT2D eigenvalue weighted by atomic mass is 19.1. The molecular weight excluding hydrogens is 201 g/mol. The van der Waals surface area contributed by atoms with Crippen LogP contribution in [-0.2, 0) is 4.74 Å². The van der Waals surface area contributed by atoms with E-state index in [-0.39, 0.29) is 19.0 Å². The maximum atomic E-state index is 12.9. The number of benzene rings is 1. The molecule has 1 aliphatic rings. The lowest BCUT2D eigenvalue weighted by molar-refractivity contribution is 0.0736. The molecule has 1 saturated heterocycles. The van der Waals surface area contributed by atoms with Crippen LogP contribution in [0.4, 0.5) is 10.1 Å². The van der Waals surface area contributed by atoms with Gasteiger partial charge in [-0.1, -0.05) is 0 Å². The number of aliphatic hydroxyl groups is 1. The zero-order valence-electron chi connectivity index (χ0n) is 8.02. The van der Waals surface area contributed by atoms with Gasteiger partial charge in [-0.2, -0.15) is 0 Å². The van der Waals surface area contributed by atoms with Crippen LogP contribution >= 0.6 is 0 Å². The molecule has 0 spiro atoms. The Morgan fingerprint density at radius 3 is 2.93 bits per heavy atom. The molecule has 1 aromatic carbocycles. The lowest BCUT2D eigenvalue weighted by Crippen LogP contribution is -2.30. The van der Waals surface area contributed by atoms with Crippen molar-refractivity contribution in [2.24, 2.45) is 0 Å². The smallest absolute Gasteiger partial charge is 0.150 e. The average Bonchev–Trinajstić information content (AvgIpc) is 2.58. The fourth-order valence-corrected chi connectivity index (χ4v) is 1.41. The van der Waals surface area contributed by atoms with Crippen LogP contribution in [0.3, 0.4) is 0 Å². The molecule has 0 aromatic heterocycles. The summed E-state index contributed by atoms with van der Waals surface area (Å²) in [5.74, 6) is -0.183. The second-order valence-electron chi connectivity index (χ2n) is 3.44. The molecule has 4 nitrogen and oxygen atoms in total. The summed E-state index contributed by atoms with van der Waals surface area (Å²) in [6, 6.07) is 3.87. The van der Waals surface area contributed by atoms with Crippen LogP contribution in [0.1, 0.15) is 0 Å². The lowest BCUT2D eigenvalue weighted by Gasteiger charge is -2.16. The first-order valence-electron chi connectivity index (χ1n) is 4.64. The number of hydrogen-bond donors (Lipinski definition) is 2. The summed E-state index contributed by atoms with van der Waals surface area (Å²) in [4.78, 5) is 0. The van der Waals surface area contributed by atoms with Gasteiger partial charge in [-0.05, 0) is 12.1 Å². The highest BCUT2D eigenvalue weighted by Gasteiger charge is 2.28. The maximum absolute atomic E-state index is 12.9. The van der Waals surface area contributed by atoms with E-state index in [1.165, 1.54) is 18.2 Å². The molecular formula is C10H12FNO3. The maximum Gasteiger partial charge on any atom is 0.150 e. The minimum absolute atomic E-state index is 0.236. The van der Waals surface area contributed by atoms with E-state index in [0.29, 0.717) is 5.69 Å². The third-order valence-electron chi connectivity index (χ3n) is 2.25. The number of ether oxygens (including phenoxy) is 2. The first kappa shape index (κ1) is 10.2. The van der Waals surface area contributed by atoms with E-state index in [0.717, 1.165) is 0 Å². The average molecular weight is 213 g/mol. The van der Waals surface area contributed by atoms with Crippen LogP contribution in [0.25, 0.3) is 0 Å². The molecule has 0 radical (unpaired) electrons. The van der Waals surface area contributed by atoms with Gasteiger partial charge in [0.05, 0.1) is 18.9 Å². The van der Waals surface area contributed by atoms with Crippen molar-refractivity contribution in [2.45, 2.75) is 12.2 Å². The van der Waals surface area contributed by atoms with E-state index in [9.17, 15) is 9.50 Å². The van der Waals surface area contributed by atoms with E-state index in [1.807, 2.05) is 0 Å². The van der Waals surface area contributed by atoms with Crippen molar-refractivity contribution in [1.82, 2.24) is 0 Å². The van der Waals surface area contributed by atoms with Gasteiger partial charge < -0.3 is 20.3 Å². The molecule has 1 aromatic rings. The molecule has 1 aliphatic heterocycles. The van der Waals surface area contributed by atoms with Crippen LogP contribution in [0.2, 0.25) is 0 Å². The Morgan fingerprint density at radius 2 is 2.27 bits per heavy atom. The number of nitrogen functional groups attached to an aromatic ring is 1. The molecule has 2 rings (SSSR count). The van der Waals surface area contributed by atoms with Gasteiger partial charge >= 0.3 is 0 Å². The van der Waals surface area contributed by atoms with Crippen molar-refractivity contribution in [3.8, 4) is 5.75 Å². The zero-order valence-corrected chi connectivity index (χ0v) is 8.02. The largest absolute Gasteiger partial charge is 0.483 e. The predicted molar refractivity (Wildman–Crippen MR) is 52.1 cm³/mol. The van der Waals surface area contributed by atoms with E-state index >= 15 is 0 Å². The molecule has 2 atom stereocenters. The molecule has 0 unspecified atom stereocenters. The molecule has 0 saturated carbocycles. The third-order valence-corrected chi connectivity index (χ3v) is 2.25. The molecule has 5 heteroatoms. The number of halogens is 1. The number of aliphatic hydroxyl groups excluding tert-OH is 1. The van der Waals surface area contributed by atoms with Crippen LogP contribution in [0, 0.1) is 5.82 Å². The molecule has 82 valence electrons. The fourth-order valence-electron chi connectivity index (χ4n) is 1.41. The lowest BCUT2D eigenvalue weighted by atomic mass is 10.2. The number of anilines is 1. The molecule has 15 heavy (non-hydrogen) atoms. The molecule has 1 fully saturated rings. The summed E-state index contributed by atoms with van der Waals surface area (Å²) in [6.07, 6.45) is -1.17. The normalized spacial score (nSPS) is 25.5. The molecule has 0 aliphatic carbocycles. The van der Waals surface area contributed by atoms with Gasteiger partial charge in [0, 0.05) is 6.07 Å². The summed E-state index contributed by atoms with van der Waals surface area (Å²) in [6.45, 7) is 0.525. The summed E-state index contributed by atoms with van der Waals surface area (Å²) in [5.41, 5.74) is 5.94. The van der Waals surface area contributed by atoms with Crippen molar-refractivity contribution in [2.75, 3.05) is 18.9 Å². The topological polar surface area (TPSA) is 64.7 Å². The van der Waals surface area contributed by atoms with Crippen LogP contribution in [0.15, 0.2) is 18.2 Å². The minimum atomic E-state index is -0.687. The van der Waals surface area contributed by atoms with Crippen LogP contribution in [-0.4, -0.2) is 30.5 Å². The van der Waals surface area contributed by atoms with E-state index < -0.39 is 18.0 Å². The van der Waals surface area contributed by atoms with Crippen molar-refractivity contribution < 1.29 is 19.0 Å². The van der Waals surface area contributed by atoms with E-state index in [2.05, 4.69) is 0 Å². The van der Waals surface area contributed by atoms with Gasteiger partial charge in [-0.3, -0.25) is 0 Å². The van der Waals surface area contributed by atoms with Crippen LogP contribution in [0.5, 0.6) is 5.75 Å². The highest BCUT2D eigenvalue weighted by molar-refractivity contribution is 5.52. The summed E-state index contributed by atoms with van der Waals surface area (Å²) >= 11 is 0. The Kier molecular flexibility index (Phi) is 2.75. The van der Waals surface area contributed by atoms with Gasteiger partial charge in [-0.15, -0.1) is 0 Å². The zero-order chi connectivity index (χ0) is 10.8. The monoisotopic (exact) mass is 213 g/mol. The third kappa shape index (κ3) is 2.19. The number of nitrogens with two attached hydrogens (primary N) is 1. The van der Waals surface area contributed by atoms with Crippen molar-refractivity contribution in [1.29, 1.82) is 0 Å². The SMILES string of the molecule is Nc1ccc(F)cc1O[C@@H]1COC[C@H]1O. The Morgan fingerprint density at radius 1 is 1.47 bits per heavy atom. The molecule has 1 heterocycles. The fraction of sp³-hybridized carbons (Fsp3) is 0.400. The van der Waals surface area contributed by atoms with Gasteiger partial charge in [0.1, 0.15) is 17.7 Å². The molecule has 3 N–H and O–H groups in total. The number of hydrogen-bond acceptors (Lipinski definition) is 4. The Hall–Kier alpha value is -1.33. The van der Waals surface area contributed by atoms with E-state index in [4.69, 9.17) is 15.2 Å². The standard InChI is InChI=1S/C10H12FNO3/c11-6-1-2-7(12)9(3-6)15-10-5-14-4-8(10)13/h1-3,8,10,13H,4-5,12H2/t8-,10-/m1/s1. The Bertz CT molecular complexity index is 359. The highest BCUT2D eigenvalue weighted by Crippen LogP contribution is 2.25. The Balaban J connectivity index is 2.12. The number of rotatable bonds is 2. The predicted octanol–water partition coefficient (Wildman–Crippen LogP) is 0.546. The second kappa shape index (κ2) is 4.04. The summed E-state index contributed by atoms with van der Waals surface area (Å²) in [7, 11) is 0. The van der Waals surface area contributed by atoms with Gasteiger partial charge in [0.2, 0.25) is 0 Å². The van der Waals surface area contributed by atoms with Gasteiger partial charge in [0.15, 0.2) is 6.10 Å².